The molecule has 5 rings (SSSR count). The summed E-state index contributed by atoms with van der Waals surface area (Å²) in [5.41, 5.74) is 3.17. The molecule has 0 spiro atoms. The van der Waals surface area contributed by atoms with Gasteiger partial charge < -0.3 is 14.7 Å². The van der Waals surface area contributed by atoms with Crippen LogP contribution in [0.5, 0.6) is 0 Å². The van der Waals surface area contributed by atoms with Crippen molar-refractivity contribution in [2.75, 3.05) is 27.2 Å². The standard InChI is InChI=1S/C37H37F3N4O2/c1-42(2)32-21-23-43(26-32)36(46)34(24-28-8-4-3-5-9-28)44(25-29-11-16-30(17-12-29)33-10-6-7-22-41-33)35(45)20-15-27-13-18-31(19-14-27)37(38,39)40/h3-20,22,32,34H,21,23-26H2,1-2H3/b20-15+/t32-,34-/m0/s1. The average molecular weight is 627 g/mol. The maximum atomic E-state index is 14.3. The molecule has 9 heteroatoms. The molecule has 46 heavy (non-hydrogen) atoms. The van der Waals surface area contributed by atoms with Crippen LogP contribution in [0.3, 0.4) is 0 Å². The first-order valence-electron chi connectivity index (χ1n) is 15.2. The van der Waals surface area contributed by atoms with E-state index in [1.165, 1.54) is 24.3 Å². The van der Waals surface area contributed by atoms with E-state index in [1.54, 1.807) is 11.1 Å². The number of hydrogen-bond acceptors (Lipinski definition) is 4. The number of rotatable bonds is 10. The quantitative estimate of drug-likeness (QED) is 0.187. The van der Waals surface area contributed by atoms with Crippen LogP contribution in [0.15, 0.2) is 109 Å². The summed E-state index contributed by atoms with van der Waals surface area (Å²) in [5.74, 6) is -0.541. The first-order chi connectivity index (χ1) is 22.1. The van der Waals surface area contributed by atoms with Gasteiger partial charge in [-0.3, -0.25) is 14.6 Å². The van der Waals surface area contributed by atoms with Crippen molar-refractivity contribution in [2.45, 2.75) is 37.6 Å². The van der Waals surface area contributed by atoms with Crippen LogP contribution < -0.4 is 0 Å². The number of halogens is 3. The fourth-order valence-electron chi connectivity index (χ4n) is 5.64. The lowest BCUT2D eigenvalue weighted by Gasteiger charge is -2.33. The number of likely N-dealkylation sites (N-methyl/N-ethyl adjacent to an activating group) is 1. The van der Waals surface area contributed by atoms with Gasteiger partial charge >= 0.3 is 6.18 Å². The van der Waals surface area contributed by atoms with Crippen LogP contribution in [-0.2, 0) is 28.7 Å². The summed E-state index contributed by atoms with van der Waals surface area (Å²) in [6.45, 7) is 1.32. The molecular weight excluding hydrogens is 589 g/mol. The Morgan fingerprint density at radius 2 is 1.61 bits per heavy atom. The second-order valence-electron chi connectivity index (χ2n) is 11.7. The van der Waals surface area contributed by atoms with Crippen molar-refractivity contribution in [1.29, 1.82) is 0 Å². The molecule has 0 radical (unpaired) electrons. The number of hydrogen-bond donors (Lipinski definition) is 0. The number of nitrogens with zero attached hydrogens (tertiary/aromatic N) is 4. The van der Waals surface area contributed by atoms with Crippen molar-refractivity contribution >= 4 is 17.9 Å². The van der Waals surface area contributed by atoms with Crippen molar-refractivity contribution in [2.24, 2.45) is 0 Å². The van der Waals surface area contributed by atoms with Crippen LogP contribution in [0.2, 0.25) is 0 Å². The topological polar surface area (TPSA) is 56.8 Å². The second-order valence-corrected chi connectivity index (χ2v) is 11.7. The zero-order valence-corrected chi connectivity index (χ0v) is 25.9. The second kappa shape index (κ2) is 14.6. The number of carbonyl (C=O) groups excluding carboxylic acids is 2. The lowest BCUT2D eigenvalue weighted by atomic mass is 10.0. The van der Waals surface area contributed by atoms with Crippen molar-refractivity contribution in [3.05, 3.63) is 132 Å². The van der Waals surface area contributed by atoms with Crippen LogP contribution in [0, 0.1) is 0 Å². The van der Waals surface area contributed by atoms with Crippen LogP contribution in [-0.4, -0.2) is 70.8 Å². The van der Waals surface area contributed by atoms with Crippen molar-refractivity contribution in [1.82, 2.24) is 19.7 Å². The molecule has 0 saturated carbocycles. The molecule has 238 valence electrons. The van der Waals surface area contributed by atoms with E-state index in [-0.39, 0.29) is 18.5 Å². The van der Waals surface area contributed by atoms with E-state index in [0.717, 1.165) is 40.9 Å². The molecular formula is C37H37F3N4O2. The van der Waals surface area contributed by atoms with Crippen molar-refractivity contribution < 1.29 is 22.8 Å². The molecule has 0 unspecified atom stereocenters. The molecule has 2 amide bonds. The van der Waals surface area contributed by atoms with Gasteiger partial charge in [0, 0.05) is 49.9 Å². The Kier molecular flexibility index (Phi) is 10.3. The molecule has 6 nitrogen and oxygen atoms in total. The molecule has 3 aromatic carbocycles. The first-order valence-corrected chi connectivity index (χ1v) is 15.2. The van der Waals surface area contributed by atoms with E-state index in [1.807, 2.05) is 91.8 Å². The van der Waals surface area contributed by atoms with Crippen LogP contribution in [0.1, 0.15) is 28.7 Å². The molecule has 0 bridgehead atoms. The molecule has 2 heterocycles. The van der Waals surface area contributed by atoms with Crippen LogP contribution in [0.25, 0.3) is 17.3 Å². The fourth-order valence-corrected chi connectivity index (χ4v) is 5.64. The minimum absolute atomic E-state index is 0.130. The normalized spacial score (nSPS) is 15.8. The Morgan fingerprint density at radius 3 is 2.22 bits per heavy atom. The summed E-state index contributed by atoms with van der Waals surface area (Å²) >= 11 is 0. The summed E-state index contributed by atoms with van der Waals surface area (Å²) in [7, 11) is 3.99. The zero-order valence-electron chi connectivity index (χ0n) is 25.9. The van der Waals surface area contributed by atoms with Crippen LogP contribution in [0.4, 0.5) is 13.2 Å². The van der Waals surface area contributed by atoms with Gasteiger partial charge in [0.05, 0.1) is 11.3 Å². The van der Waals surface area contributed by atoms with Gasteiger partial charge in [0.2, 0.25) is 11.8 Å². The molecule has 0 N–H and O–H groups in total. The van der Waals surface area contributed by atoms with Gasteiger partial charge in [-0.15, -0.1) is 0 Å². The largest absolute Gasteiger partial charge is 0.416 e. The van der Waals surface area contributed by atoms with Gasteiger partial charge in [-0.2, -0.15) is 13.2 Å². The van der Waals surface area contributed by atoms with E-state index >= 15 is 0 Å². The smallest absolute Gasteiger partial charge is 0.339 e. The molecule has 1 aromatic heterocycles. The number of pyridine rings is 1. The Balaban J connectivity index is 1.47. The van der Waals surface area contributed by atoms with Gasteiger partial charge in [-0.1, -0.05) is 72.8 Å². The van der Waals surface area contributed by atoms with Crippen molar-refractivity contribution in [3.8, 4) is 11.3 Å². The number of benzene rings is 3. The number of carbonyl (C=O) groups is 2. The molecule has 1 saturated heterocycles. The third-order valence-electron chi connectivity index (χ3n) is 8.35. The maximum Gasteiger partial charge on any atom is 0.416 e. The number of alkyl halides is 3. The predicted octanol–water partition coefficient (Wildman–Crippen LogP) is 6.58. The number of amides is 2. The lowest BCUT2D eigenvalue weighted by Crippen LogP contribution is -2.51. The third-order valence-corrected chi connectivity index (χ3v) is 8.35. The summed E-state index contributed by atoms with van der Waals surface area (Å²) < 4.78 is 39.3. The van der Waals surface area contributed by atoms with Gasteiger partial charge in [-0.25, -0.2) is 0 Å². The minimum atomic E-state index is -4.45. The Bertz CT molecular complexity index is 1620. The zero-order chi connectivity index (χ0) is 32.7. The van der Waals surface area contributed by atoms with E-state index in [0.29, 0.717) is 25.1 Å². The Labute approximate surface area is 267 Å². The SMILES string of the molecule is CN(C)[C@H]1CCN(C(=O)[C@H](Cc2ccccc2)N(Cc2ccc(-c3ccccn3)cc2)C(=O)/C=C/c2ccc(C(F)(F)F)cc2)C1. The van der Waals surface area contributed by atoms with Gasteiger partial charge in [0.15, 0.2) is 0 Å². The number of likely N-dealkylation sites (tertiary alicyclic amines) is 1. The highest BCUT2D eigenvalue weighted by Crippen LogP contribution is 2.29. The van der Waals surface area contributed by atoms with Crippen molar-refractivity contribution in [3.63, 3.8) is 0 Å². The van der Waals surface area contributed by atoms with E-state index in [9.17, 15) is 22.8 Å². The number of aromatic nitrogens is 1. The summed E-state index contributed by atoms with van der Waals surface area (Å²) in [6.07, 6.45) is 1.26. The van der Waals surface area contributed by atoms with Gasteiger partial charge in [-0.05, 0) is 67.5 Å². The van der Waals surface area contributed by atoms with E-state index in [2.05, 4.69) is 9.88 Å². The Morgan fingerprint density at radius 1 is 0.913 bits per heavy atom. The molecule has 1 aliphatic rings. The predicted molar refractivity (Wildman–Crippen MR) is 173 cm³/mol. The Hall–Kier alpha value is -4.76. The molecule has 0 aliphatic carbocycles. The summed E-state index contributed by atoms with van der Waals surface area (Å²) in [4.78, 5) is 38.2. The third kappa shape index (κ3) is 8.28. The fraction of sp³-hybridized carbons (Fsp3) is 0.270. The maximum absolute atomic E-state index is 14.3. The molecule has 2 atom stereocenters. The lowest BCUT2D eigenvalue weighted by molar-refractivity contribution is -0.143. The summed E-state index contributed by atoms with van der Waals surface area (Å²) in [5, 5.41) is 0. The summed E-state index contributed by atoms with van der Waals surface area (Å²) in [6, 6.07) is 27.1. The van der Waals surface area contributed by atoms with Gasteiger partial charge in [0.1, 0.15) is 6.04 Å². The highest BCUT2D eigenvalue weighted by Gasteiger charge is 2.36. The highest BCUT2D eigenvalue weighted by molar-refractivity contribution is 5.96. The van der Waals surface area contributed by atoms with Gasteiger partial charge in [0.25, 0.3) is 0 Å². The molecule has 1 fully saturated rings. The van der Waals surface area contributed by atoms with E-state index in [4.69, 9.17) is 0 Å². The van der Waals surface area contributed by atoms with E-state index < -0.39 is 23.7 Å². The monoisotopic (exact) mass is 626 g/mol. The highest BCUT2D eigenvalue weighted by atomic mass is 19.4. The minimum Gasteiger partial charge on any atom is -0.339 e. The first kappa shape index (κ1) is 32.6. The average Bonchev–Trinajstić information content (AvgIpc) is 3.57. The van der Waals surface area contributed by atoms with Crippen LogP contribution >= 0.6 is 0 Å². The molecule has 1 aliphatic heterocycles. The molecule has 4 aromatic rings.